The molecule has 0 aliphatic heterocycles. The lowest BCUT2D eigenvalue weighted by Gasteiger charge is -1.99. The Labute approximate surface area is 109 Å². The molecule has 0 amide bonds. The number of H-pyrrole nitrogens is 2. The zero-order valence-corrected chi connectivity index (χ0v) is 10.7. The van der Waals surface area contributed by atoms with Crippen LogP contribution in [0.4, 0.5) is 0 Å². The molecule has 0 aliphatic rings. The van der Waals surface area contributed by atoms with E-state index < -0.39 is 5.76 Å². The first-order valence-electron chi connectivity index (χ1n) is 5.25. The molecule has 7 heteroatoms. The molecule has 2 aromatic heterocycles. The van der Waals surface area contributed by atoms with Crippen molar-refractivity contribution in [2.24, 2.45) is 5.73 Å². The molecule has 0 bridgehead atoms. The average molecular weight is 309 g/mol. The van der Waals surface area contributed by atoms with Crippen molar-refractivity contribution in [1.29, 1.82) is 0 Å². The molecule has 0 saturated carbocycles. The average Bonchev–Trinajstić information content (AvgIpc) is 2.89. The van der Waals surface area contributed by atoms with Crippen LogP contribution in [0.5, 0.6) is 0 Å². The molecule has 92 valence electrons. The van der Waals surface area contributed by atoms with Gasteiger partial charge in [-0.1, -0.05) is 0 Å². The summed E-state index contributed by atoms with van der Waals surface area (Å²) < 4.78 is 5.57. The van der Waals surface area contributed by atoms with Crippen molar-refractivity contribution in [2.75, 3.05) is 0 Å². The Morgan fingerprint density at radius 2 is 2.22 bits per heavy atom. The molecule has 0 atom stereocenters. The lowest BCUT2D eigenvalue weighted by Crippen LogP contribution is -1.98. The van der Waals surface area contributed by atoms with E-state index in [0.29, 0.717) is 22.4 Å². The number of imidazole rings is 1. The first kappa shape index (κ1) is 11.2. The van der Waals surface area contributed by atoms with E-state index in [0.717, 1.165) is 17.0 Å². The Hall–Kier alpha value is -1.86. The maximum atomic E-state index is 11.1. The van der Waals surface area contributed by atoms with Gasteiger partial charge in [-0.25, -0.2) is 9.78 Å². The molecule has 0 spiro atoms. The SMILES string of the molecule is NCc1[nH]c(Br)nc1-c1ccc2oc(=O)[nH]c2c1. The van der Waals surface area contributed by atoms with Crippen molar-refractivity contribution in [3.05, 3.63) is 39.2 Å². The van der Waals surface area contributed by atoms with Crippen LogP contribution >= 0.6 is 15.9 Å². The van der Waals surface area contributed by atoms with Gasteiger partial charge in [0, 0.05) is 12.1 Å². The fourth-order valence-electron chi connectivity index (χ4n) is 1.86. The zero-order chi connectivity index (χ0) is 12.7. The molecule has 0 radical (unpaired) electrons. The Kier molecular flexibility index (Phi) is 2.57. The molecule has 0 aliphatic carbocycles. The number of rotatable bonds is 2. The molecule has 0 saturated heterocycles. The van der Waals surface area contributed by atoms with Gasteiger partial charge in [0.15, 0.2) is 10.3 Å². The number of nitrogens with two attached hydrogens (primary N) is 1. The molecular formula is C11H9BrN4O2. The smallest absolute Gasteiger partial charge is 0.408 e. The van der Waals surface area contributed by atoms with Gasteiger partial charge in [-0.15, -0.1) is 0 Å². The normalized spacial score (nSPS) is 11.2. The van der Waals surface area contributed by atoms with Crippen LogP contribution in [0.25, 0.3) is 22.4 Å². The number of benzene rings is 1. The Balaban J connectivity index is 2.21. The Bertz CT molecular complexity index is 771. The van der Waals surface area contributed by atoms with Crippen LogP contribution in [-0.2, 0) is 6.54 Å². The predicted octanol–water partition coefficient (Wildman–Crippen LogP) is 1.73. The van der Waals surface area contributed by atoms with Gasteiger partial charge in [0.1, 0.15) is 0 Å². The highest BCUT2D eigenvalue weighted by atomic mass is 79.9. The standard InChI is InChI=1S/C11H9BrN4O2/c12-10-14-7(4-13)9(16-10)5-1-2-8-6(3-5)15-11(17)18-8/h1-3H,4,13H2,(H,14,16)(H,15,17). The number of hydrogen-bond donors (Lipinski definition) is 3. The van der Waals surface area contributed by atoms with E-state index in [1.807, 2.05) is 12.1 Å². The van der Waals surface area contributed by atoms with Crippen LogP contribution in [0.2, 0.25) is 0 Å². The van der Waals surface area contributed by atoms with Gasteiger partial charge in [0.2, 0.25) is 0 Å². The molecule has 0 unspecified atom stereocenters. The second-order valence-corrected chi connectivity index (χ2v) is 4.54. The van der Waals surface area contributed by atoms with Crippen LogP contribution in [0.1, 0.15) is 5.69 Å². The highest BCUT2D eigenvalue weighted by Gasteiger charge is 2.11. The van der Waals surface area contributed by atoms with Crippen molar-refractivity contribution < 1.29 is 4.42 Å². The van der Waals surface area contributed by atoms with Gasteiger partial charge in [-0.2, -0.15) is 0 Å². The Morgan fingerprint density at radius 3 is 3.00 bits per heavy atom. The zero-order valence-electron chi connectivity index (χ0n) is 9.16. The first-order chi connectivity index (χ1) is 8.67. The van der Waals surface area contributed by atoms with Gasteiger partial charge in [0.25, 0.3) is 0 Å². The molecule has 2 heterocycles. The minimum Gasteiger partial charge on any atom is -0.408 e. The summed E-state index contributed by atoms with van der Waals surface area (Å²) in [6.07, 6.45) is 0. The number of aromatic nitrogens is 3. The minimum atomic E-state index is -0.468. The van der Waals surface area contributed by atoms with Crippen molar-refractivity contribution in [2.45, 2.75) is 6.54 Å². The quantitative estimate of drug-likeness (QED) is 0.671. The van der Waals surface area contributed by atoms with Crippen LogP contribution in [0, 0.1) is 0 Å². The first-order valence-corrected chi connectivity index (χ1v) is 6.04. The maximum Gasteiger partial charge on any atom is 0.417 e. The van der Waals surface area contributed by atoms with Crippen LogP contribution in [0.3, 0.4) is 0 Å². The number of nitrogens with zero attached hydrogens (tertiary/aromatic N) is 1. The van der Waals surface area contributed by atoms with Crippen LogP contribution in [-0.4, -0.2) is 15.0 Å². The third-order valence-corrected chi connectivity index (χ3v) is 3.02. The second kappa shape index (κ2) is 4.11. The molecule has 0 fully saturated rings. The summed E-state index contributed by atoms with van der Waals surface area (Å²) in [7, 11) is 0. The third-order valence-electron chi connectivity index (χ3n) is 2.65. The molecule has 3 aromatic rings. The monoisotopic (exact) mass is 308 g/mol. The highest BCUT2D eigenvalue weighted by molar-refractivity contribution is 9.10. The molecule has 1 aromatic carbocycles. The van der Waals surface area contributed by atoms with Crippen molar-refractivity contribution >= 4 is 27.0 Å². The largest absolute Gasteiger partial charge is 0.417 e. The summed E-state index contributed by atoms with van der Waals surface area (Å²) in [5.41, 5.74) is 9.26. The van der Waals surface area contributed by atoms with Crippen molar-refractivity contribution in [3.8, 4) is 11.3 Å². The summed E-state index contributed by atoms with van der Waals surface area (Å²) in [5.74, 6) is -0.468. The van der Waals surface area contributed by atoms with Gasteiger partial charge in [-0.3, -0.25) is 4.98 Å². The number of oxazole rings is 1. The third kappa shape index (κ3) is 1.77. The molecule has 6 nitrogen and oxygen atoms in total. The second-order valence-electron chi connectivity index (χ2n) is 3.78. The Morgan fingerprint density at radius 1 is 1.39 bits per heavy atom. The number of halogens is 1. The maximum absolute atomic E-state index is 11.1. The van der Waals surface area contributed by atoms with E-state index in [1.165, 1.54) is 0 Å². The minimum absolute atomic E-state index is 0.355. The molecular weight excluding hydrogens is 300 g/mol. The van der Waals surface area contributed by atoms with E-state index >= 15 is 0 Å². The lowest BCUT2D eigenvalue weighted by atomic mass is 10.1. The molecule has 3 rings (SSSR count). The van der Waals surface area contributed by atoms with Gasteiger partial charge >= 0.3 is 5.76 Å². The number of aromatic amines is 2. The van der Waals surface area contributed by atoms with E-state index in [9.17, 15) is 4.79 Å². The summed E-state index contributed by atoms with van der Waals surface area (Å²) in [6.45, 7) is 0.355. The predicted molar refractivity (Wildman–Crippen MR) is 70.0 cm³/mol. The molecule has 4 N–H and O–H groups in total. The van der Waals surface area contributed by atoms with Crippen molar-refractivity contribution in [3.63, 3.8) is 0 Å². The van der Waals surface area contributed by atoms with E-state index in [-0.39, 0.29) is 0 Å². The fourth-order valence-corrected chi connectivity index (χ4v) is 2.28. The summed E-state index contributed by atoms with van der Waals surface area (Å²) >= 11 is 3.28. The number of fused-ring (bicyclic) bond motifs is 1. The summed E-state index contributed by atoms with van der Waals surface area (Å²) in [6, 6.07) is 5.37. The highest BCUT2D eigenvalue weighted by Crippen LogP contribution is 2.25. The number of hydrogen-bond acceptors (Lipinski definition) is 4. The van der Waals surface area contributed by atoms with Gasteiger partial charge in [-0.05, 0) is 34.1 Å². The van der Waals surface area contributed by atoms with Crippen LogP contribution < -0.4 is 11.5 Å². The van der Waals surface area contributed by atoms with E-state index in [2.05, 4.69) is 30.9 Å². The summed E-state index contributed by atoms with van der Waals surface area (Å²) in [5, 5.41) is 0. The molecule has 18 heavy (non-hydrogen) atoms. The lowest BCUT2D eigenvalue weighted by molar-refractivity contribution is 0.555. The van der Waals surface area contributed by atoms with E-state index in [1.54, 1.807) is 6.07 Å². The number of nitrogens with one attached hydrogen (secondary N) is 2. The van der Waals surface area contributed by atoms with Crippen molar-refractivity contribution in [1.82, 2.24) is 15.0 Å². The van der Waals surface area contributed by atoms with Gasteiger partial charge < -0.3 is 15.1 Å². The van der Waals surface area contributed by atoms with Gasteiger partial charge in [0.05, 0.1) is 16.9 Å². The summed E-state index contributed by atoms with van der Waals surface area (Å²) in [4.78, 5) is 21.1. The van der Waals surface area contributed by atoms with Crippen LogP contribution in [0.15, 0.2) is 32.1 Å². The van der Waals surface area contributed by atoms with E-state index in [4.69, 9.17) is 10.2 Å². The fraction of sp³-hybridized carbons (Fsp3) is 0.0909. The topological polar surface area (TPSA) is 101 Å².